The first kappa shape index (κ1) is 21.4. The summed E-state index contributed by atoms with van der Waals surface area (Å²) in [4.78, 5) is 25.4. The summed E-state index contributed by atoms with van der Waals surface area (Å²) in [5.41, 5.74) is 4.60. The maximum Gasteiger partial charge on any atom is 0.282 e. The van der Waals surface area contributed by atoms with Crippen molar-refractivity contribution in [3.8, 4) is 5.75 Å². The van der Waals surface area contributed by atoms with Gasteiger partial charge >= 0.3 is 0 Å². The third-order valence-corrected chi connectivity index (χ3v) is 5.79. The lowest BCUT2D eigenvalue weighted by Crippen LogP contribution is -2.35. The molecule has 1 heterocycles. The molecular weight excluding hydrogens is 503 g/mol. The molecule has 0 spiro atoms. The number of para-hydroxylation sites is 1. The highest BCUT2D eigenvalue weighted by molar-refractivity contribution is 9.10. The van der Waals surface area contributed by atoms with E-state index in [1.807, 2.05) is 18.2 Å². The second kappa shape index (κ2) is 9.14. The number of carbonyl (C=O) groups is 2. The lowest BCUT2D eigenvalue weighted by Gasteiger charge is -2.14. The topological polar surface area (TPSA) is 58.6 Å². The lowest BCUT2D eigenvalue weighted by molar-refractivity contribution is -0.117. The van der Waals surface area contributed by atoms with Crippen LogP contribution in [0, 0.1) is 0 Å². The van der Waals surface area contributed by atoms with Gasteiger partial charge in [0.2, 0.25) is 0 Å². The van der Waals surface area contributed by atoms with Crippen LogP contribution in [-0.2, 0) is 16.2 Å². The highest BCUT2D eigenvalue weighted by Crippen LogP contribution is 2.29. The van der Waals surface area contributed by atoms with Gasteiger partial charge in [-0.15, -0.1) is 0 Å². The SMILES string of the molecule is O=C1NN(c2ccccc2)C(=O)/C1=C\c1cc(Br)ccc1OCc1ccc(Cl)c(Cl)c1. The fourth-order valence-electron chi connectivity index (χ4n) is 3.03. The summed E-state index contributed by atoms with van der Waals surface area (Å²) < 4.78 is 6.73. The molecule has 1 aliphatic heterocycles. The van der Waals surface area contributed by atoms with Crippen LogP contribution in [0.15, 0.2) is 76.8 Å². The van der Waals surface area contributed by atoms with E-state index in [2.05, 4.69) is 21.4 Å². The van der Waals surface area contributed by atoms with E-state index >= 15 is 0 Å². The highest BCUT2D eigenvalue weighted by Gasteiger charge is 2.34. The van der Waals surface area contributed by atoms with Crippen molar-refractivity contribution in [1.82, 2.24) is 5.43 Å². The number of hydrazine groups is 1. The smallest absolute Gasteiger partial charge is 0.282 e. The second-order valence-electron chi connectivity index (χ2n) is 6.69. The van der Waals surface area contributed by atoms with Crippen molar-refractivity contribution in [2.75, 3.05) is 5.01 Å². The molecule has 0 bridgehead atoms. The molecule has 0 unspecified atom stereocenters. The maximum atomic E-state index is 12.9. The van der Waals surface area contributed by atoms with Gasteiger partial charge in [-0.3, -0.25) is 15.0 Å². The van der Waals surface area contributed by atoms with Crippen LogP contribution in [0.4, 0.5) is 5.69 Å². The Bertz CT molecular complexity index is 1200. The van der Waals surface area contributed by atoms with Gasteiger partial charge < -0.3 is 4.74 Å². The maximum absolute atomic E-state index is 12.9. The first-order valence-corrected chi connectivity index (χ1v) is 10.8. The molecule has 1 saturated heterocycles. The average molecular weight is 518 g/mol. The van der Waals surface area contributed by atoms with Crippen molar-refractivity contribution in [2.45, 2.75) is 6.61 Å². The number of ether oxygens (including phenoxy) is 1. The van der Waals surface area contributed by atoms with E-state index in [-0.39, 0.29) is 12.2 Å². The lowest BCUT2D eigenvalue weighted by atomic mass is 10.1. The fraction of sp³-hybridized carbons (Fsp3) is 0.0435. The molecule has 1 fully saturated rings. The van der Waals surface area contributed by atoms with Crippen LogP contribution in [0.5, 0.6) is 5.75 Å². The molecule has 0 aromatic heterocycles. The molecule has 0 aliphatic carbocycles. The Morgan fingerprint density at radius 1 is 0.968 bits per heavy atom. The molecule has 4 rings (SSSR count). The molecule has 0 saturated carbocycles. The molecular formula is C23H15BrCl2N2O3. The molecule has 8 heteroatoms. The number of anilines is 1. The monoisotopic (exact) mass is 516 g/mol. The molecule has 1 aliphatic rings. The fourth-order valence-corrected chi connectivity index (χ4v) is 3.73. The van der Waals surface area contributed by atoms with Gasteiger partial charge in [0.25, 0.3) is 11.8 Å². The first-order chi connectivity index (χ1) is 14.9. The van der Waals surface area contributed by atoms with Gasteiger partial charge in [-0.25, -0.2) is 5.01 Å². The number of rotatable bonds is 5. The summed E-state index contributed by atoms with van der Waals surface area (Å²) in [5, 5.41) is 2.13. The summed E-state index contributed by atoms with van der Waals surface area (Å²) in [6, 6.07) is 19.5. The molecule has 31 heavy (non-hydrogen) atoms. The van der Waals surface area contributed by atoms with Crippen LogP contribution in [0.1, 0.15) is 11.1 Å². The van der Waals surface area contributed by atoms with E-state index < -0.39 is 11.8 Å². The van der Waals surface area contributed by atoms with Crippen molar-refractivity contribution in [1.29, 1.82) is 0 Å². The highest BCUT2D eigenvalue weighted by atomic mass is 79.9. The molecule has 3 aromatic carbocycles. The van der Waals surface area contributed by atoms with Crippen LogP contribution in [0.2, 0.25) is 10.0 Å². The minimum atomic E-state index is -0.482. The predicted octanol–water partition coefficient (Wildman–Crippen LogP) is 5.80. The number of nitrogens with one attached hydrogen (secondary N) is 1. The predicted molar refractivity (Wildman–Crippen MR) is 125 cm³/mol. The number of carbonyl (C=O) groups excluding carboxylic acids is 2. The molecule has 156 valence electrons. The van der Waals surface area contributed by atoms with Crippen molar-refractivity contribution < 1.29 is 14.3 Å². The summed E-state index contributed by atoms with van der Waals surface area (Å²) in [6.07, 6.45) is 1.52. The normalized spacial score (nSPS) is 14.8. The zero-order valence-electron chi connectivity index (χ0n) is 15.9. The van der Waals surface area contributed by atoms with E-state index in [4.69, 9.17) is 27.9 Å². The van der Waals surface area contributed by atoms with Crippen molar-refractivity contribution >= 4 is 62.7 Å². The summed E-state index contributed by atoms with van der Waals surface area (Å²) in [6.45, 7) is 0.241. The molecule has 0 atom stereocenters. The van der Waals surface area contributed by atoms with Crippen LogP contribution in [0.3, 0.4) is 0 Å². The molecule has 3 aromatic rings. The minimum absolute atomic E-state index is 0.0151. The summed E-state index contributed by atoms with van der Waals surface area (Å²) in [5.74, 6) is -0.406. The van der Waals surface area contributed by atoms with Gasteiger partial charge in [0.05, 0.1) is 15.7 Å². The van der Waals surface area contributed by atoms with Crippen molar-refractivity contribution in [3.63, 3.8) is 0 Å². The van der Waals surface area contributed by atoms with Gasteiger partial charge in [-0.05, 0) is 54.1 Å². The quantitative estimate of drug-likeness (QED) is 0.344. The third kappa shape index (κ3) is 4.77. The summed E-state index contributed by atoms with van der Waals surface area (Å²) in [7, 11) is 0. The average Bonchev–Trinajstić information content (AvgIpc) is 3.04. The zero-order valence-corrected chi connectivity index (χ0v) is 19.0. The molecule has 1 N–H and O–H groups in total. The Morgan fingerprint density at radius 3 is 2.48 bits per heavy atom. The van der Waals surface area contributed by atoms with E-state index in [1.54, 1.807) is 48.5 Å². The van der Waals surface area contributed by atoms with E-state index in [0.29, 0.717) is 27.0 Å². The largest absolute Gasteiger partial charge is 0.488 e. The van der Waals surface area contributed by atoms with Gasteiger partial charge in [-0.1, -0.05) is 63.4 Å². The number of hydrogen-bond acceptors (Lipinski definition) is 3. The van der Waals surface area contributed by atoms with Crippen LogP contribution >= 0.6 is 39.1 Å². The van der Waals surface area contributed by atoms with E-state index in [9.17, 15) is 9.59 Å². The number of nitrogens with zero attached hydrogens (tertiary/aromatic N) is 1. The Kier molecular flexibility index (Phi) is 6.32. The van der Waals surface area contributed by atoms with Crippen molar-refractivity contribution in [3.05, 3.63) is 97.9 Å². The number of halogens is 3. The Morgan fingerprint density at radius 2 is 1.74 bits per heavy atom. The van der Waals surface area contributed by atoms with Crippen LogP contribution in [-0.4, -0.2) is 11.8 Å². The number of benzene rings is 3. The molecule has 5 nitrogen and oxygen atoms in total. The molecule has 0 radical (unpaired) electrons. The first-order valence-electron chi connectivity index (χ1n) is 9.21. The zero-order chi connectivity index (χ0) is 22.0. The summed E-state index contributed by atoms with van der Waals surface area (Å²) >= 11 is 15.5. The Balaban J connectivity index is 1.61. The number of hydrogen-bond donors (Lipinski definition) is 1. The van der Waals surface area contributed by atoms with E-state index in [0.717, 1.165) is 10.0 Å². The van der Waals surface area contributed by atoms with Crippen molar-refractivity contribution in [2.24, 2.45) is 0 Å². The minimum Gasteiger partial charge on any atom is -0.488 e. The Labute approximate surface area is 197 Å². The van der Waals surface area contributed by atoms with Gasteiger partial charge in [0.15, 0.2) is 0 Å². The standard InChI is InChI=1S/C23H15BrCl2N2O3/c24-16-7-9-21(31-13-14-6-8-19(25)20(26)10-14)15(11-16)12-18-22(29)27-28(23(18)30)17-4-2-1-3-5-17/h1-12H,13H2,(H,27,29)/b18-12-. The second-order valence-corrected chi connectivity index (χ2v) is 8.42. The van der Waals surface area contributed by atoms with Gasteiger partial charge in [-0.2, -0.15) is 0 Å². The van der Waals surface area contributed by atoms with Gasteiger partial charge in [0.1, 0.15) is 17.9 Å². The van der Waals surface area contributed by atoms with E-state index in [1.165, 1.54) is 11.1 Å². The van der Waals surface area contributed by atoms with Crippen LogP contribution < -0.4 is 15.2 Å². The Hall–Kier alpha value is -2.80. The number of amides is 2. The van der Waals surface area contributed by atoms with Crippen LogP contribution in [0.25, 0.3) is 6.08 Å². The third-order valence-electron chi connectivity index (χ3n) is 4.56. The molecule has 2 amide bonds. The van der Waals surface area contributed by atoms with Gasteiger partial charge in [0, 0.05) is 10.0 Å².